The van der Waals surface area contributed by atoms with Crippen LogP contribution in [-0.4, -0.2) is 30.5 Å². The van der Waals surface area contributed by atoms with Crippen molar-refractivity contribution in [3.8, 4) is 5.75 Å². The van der Waals surface area contributed by atoms with Crippen molar-refractivity contribution in [2.45, 2.75) is 32.4 Å². The molecular weight excluding hydrogens is 348 g/mol. The second-order valence-electron chi connectivity index (χ2n) is 6.68. The summed E-state index contributed by atoms with van der Waals surface area (Å²) in [6, 6.07) is 15.5. The van der Waals surface area contributed by atoms with Crippen LogP contribution in [0.25, 0.3) is 0 Å². The molecule has 4 nitrogen and oxygen atoms in total. The van der Waals surface area contributed by atoms with Gasteiger partial charge in [-0.25, -0.2) is 0 Å². The Bertz CT molecular complexity index is 712. The molecule has 1 N–H and O–H groups in total. The van der Waals surface area contributed by atoms with Gasteiger partial charge < -0.3 is 10.1 Å². The first-order chi connectivity index (χ1) is 12.7. The Kier molecular flexibility index (Phi) is 6.92. The van der Waals surface area contributed by atoms with Crippen LogP contribution in [0.3, 0.4) is 0 Å². The SMILES string of the molecule is O=C(COc1cccc(Cl)c1)NCc1ccc(CN2CCCCC2)cc1. The van der Waals surface area contributed by atoms with E-state index in [1.165, 1.54) is 37.9 Å². The fourth-order valence-electron chi connectivity index (χ4n) is 3.10. The van der Waals surface area contributed by atoms with Gasteiger partial charge in [-0.05, 0) is 55.3 Å². The molecule has 26 heavy (non-hydrogen) atoms. The highest BCUT2D eigenvalue weighted by atomic mass is 35.5. The first-order valence-electron chi connectivity index (χ1n) is 9.14. The summed E-state index contributed by atoms with van der Waals surface area (Å²) in [5.74, 6) is 0.442. The molecule has 1 heterocycles. The van der Waals surface area contributed by atoms with E-state index in [-0.39, 0.29) is 12.5 Å². The first kappa shape index (κ1) is 18.7. The number of rotatable bonds is 7. The molecule has 138 valence electrons. The van der Waals surface area contributed by atoms with Crippen molar-refractivity contribution < 1.29 is 9.53 Å². The van der Waals surface area contributed by atoms with E-state index in [1.54, 1.807) is 24.3 Å². The van der Waals surface area contributed by atoms with Crippen molar-refractivity contribution in [1.29, 1.82) is 0 Å². The van der Waals surface area contributed by atoms with Crippen molar-refractivity contribution in [2.75, 3.05) is 19.7 Å². The molecule has 3 rings (SSSR count). The van der Waals surface area contributed by atoms with E-state index in [1.807, 2.05) is 0 Å². The summed E-state index contributed by atoms with van der Waals surface area (Å²) in [5.41, 5.74) is 2.41. The van der Waals surface area contributed by atoms with E-state index >= 15 is 0 Å². The number of nitrogens with zero attached hydrogens (tertiary/aromatic N) is 1. The number of benzene rings is 2. The van der Waals surface area contributed by atoms with Crippen molar-refractivity contribution in [2.24, 2.45) is 0 Å². The van der Waals surface area contributed by atoms with Gasteiger partial charge in [-0.15, -0.1) is 0 Å². The molecule has 0 atom stereocenters. The second kappa shape index (κ2) is 9.60. The highest BCUT2D eigenvalue weighted by Crippen LogP contribution is 2.17. The number of halogens is 1. The summed E-state index contributed by atoms with van der Waals surface area (Å²) < 4.78 is 5.44. The maximum absolute atomic E-state index is 11.9. The Morgan fingerprint density at radius 1 is 1.04 bits per heavy atom. The fourth-order valence-corrected chi connectivity index (χ4v) is 3.28. The van der Waals surface area contributed by atoms with E-state index in [4.69, 9.17) is 16.3 Å². The molecule has 1 aliphatic heterocycles. The smallest absolute Gasteiger partial charge is 0.258 e. The molecule has 0 aromatic heterocycles. The molecule has 0 aliphatic carbocycles. The third kappa shape index (κ3) is 6.04. The number of hydrogen-bond acceptors (Lipinski definition) is 3. The van der Waals surface area contributed by atoms with E-state index < -0.39 is 0 Å². The molecular formula is C21H25ClN2O2. The van der Waals surface area contributed by atoms with Crippen molar-refractivity contribution >= 4 is 17.5 Å². The highest BCUT2D eigenvalue weighted by molar-refractivity contribution is 6.30. The van der Waals surface area contributed by atoms with Crippen LogP contribution >= 0.6 is 11.6 Å². The van der Waals surface area contributed by atoms with Gasteiger partial charge in [0.15, 0.2) is 6.61 Å². The summed E-state index contributed by atoms with van der Waals surface area (Å²) in [7, 11) is 0. The zero-order chi connectivity index (χ0) is 18.2. The largest absolute Gasteiger partial charge is 0.484 e. The first-order valence-corrected chi connectivity index (χ1v) is 9.52. The highest BCUT2D eigenvalue weighted by Gasteiger charge is 2.10. The number of carbonyl (C=O) groups excluding carboxylic acids is 1. The quantitative estimate of drug-likeness (QED) is 0.798. The minimum atomic E-state index is -0.151. The minimum absolute atomic E-state index is 0.0205. The molecule has 1 aliphatic rings. The molecule has 2 aromatic rings. The zero-order valence-electron chi connectivity index (χ0n) is 14.9. The molecule has 1 fully saturated rings. The molecule has 1 saturated heterocycles. The summed E-state index contributed by atoms with van der Waals surface area (Å²) >= 11 is 5.89. The van der Waals surface area contributed by atoms with Crippen LogP contribution < -0.4 is 10.1 Å². The van der Waals surface area contributed by atoms with Crippen LogP contribution in [0.2, 0.25) is 5.02 Å². The number of likely N-dealkylation sites (tertiary alicyclic amines) is 1. The van der Waals surface area contributed by atoms with Gasteiger partial charge in [0, 0.05) is 18.1 Å². The number of carbonyl (C=O) groups is 1. The molecule has 2 aromatic carbocycles. The third-order valence-corrected chi connectivity index (χ3v) is 4.77. The third-order valence-electron chi connectivity index (χ3n) is 4.53. The topological polar surface area (TPSA) is 41.6 Å². The molecule has 1 amide bonds. The molecule has 0 bridgehead atoms. The zero-order valence-corrected chi connectivity index (χ0v) is 15.7. The maximum Gasteiger partial charge on any atom is 0.258 e. The summed E-state index contributed by atoms with van der Waals surface area (Å²) in [5, 5.41) is 3.47. The van der Waals surface area contributed by atoms with E-state index in [0.29, 0.717) is 17.3 Å². The standard InChI is InChI=1S/C21H25ClN2O2/c22-19-5-4-6-20(13-19)26-16-21(25)23-14-17-7-9-18(10-8-17)15-24-11-2-1-3-12-24/h4-10,13H,1-3,11-12,14-16H2,(H,23,25). The van der Waals surface area contributed by atoms with Crippen LogP contribution in [0.4, 0.5) is 0 Å². The molecule has 0 radical (unpaired) electrons. The number of amides is 1. The van der Waals surface area contributed by atoms with Gasteiger partial charge in [0.1, 0.15) is 5.75 Å². The Labute approximate surface area is 160 Å². The van der Waals surface area contributed by atoms with Crippen LogP contribution in [0.15, 0.2) is 48.5 Å². The number of piperidine rings is 1. The van der Waals surface area contributed by atoms with Gasteiger partial charge in [0.2, 0.25) is 0 Å². The predicted octanol–water partition coefficient (Wildman–Crippen LogP) is 4.02. The van der Waals surface area contributed by atoms with Gasteiger partial charge in [-0.3, -0.25) is 9.69 Å². The van der Waals surface area contributed by atoms with Gasteiger partial charge >= 0.3 is 0 Å². The molecule has 0 spiro atoms. The minimum Gasteiger partial charge on any atom is -0.484 e. The van der Waals surface area contributed by atoms with Crippen molar-refractivity contribution in [1.82, 2.24) is 10.2 Å². The normalized spacial score (nSPS) is 14.8. The lowest BCUT2D eigenvalue weighted by atomic mass is 10.1. The number of hydrogen-bond donors (Lipinski definition) is 1. The summed E-state index contributed by atoms with van der Waals surface area (Å²) in [6.07, 6.45) is 3.97. The Morgan fingerprint density at radius 3 is 2.50 bits per heavy atom. The number of ether oxygens (including phenoxy) is 1. The Morgan fingerprint density at radius 2 is 1.77 bits per heavy atom. The summed E-state index contributed by atoms with van der Waals surface area (Å²) in [4.78, 5) is 14.4. The van der Waals surface area contributed by atoms with Gasteiger partial charge in [-0.2, -0.15) is 0 Å². The van der Waals surface area contributed by atoms with E-state index in [9.17, 15) is 4.79 Å². The predicted molar refractivity (Wildman–Crippen MR) is 104 cm³/mol. The monoisotopic (exact) mass is 372 g/mol. The average Bonchev–Trinajstić information content (AvgIpc) is 2.67. The van der Waals surface area contributed by atoms with E-state index in [2.05, 4.69) is 34.5 Å². The molecule has 0 saturated carbocycles. The lowest BCUT2D eigenvalue weighted by Gasteiger charge is -2.26. The average molecular weight is 373 g/mol. The van der Waals surface area contributed by atoms with Crippen LogP contribution in [0.1, 0.15) is 30.4 Å². The van der Waals surface area contributed by atoms with Gasteiger partial charge in [0.05, 0.1) is 0 Å². The van der Waals surface area contributed by atoms with Gasteiger partial charge in [-0.1, -0.05) is 48.4 Å². The Balaban J connectivity index is 1.40. The molecule has 0 unspecified atom stereocenters. The lowest BCUT2D eigenvalue weighted by Crippen LogP contribution is -2.29. The van der Waals surface area contributed by atoms with Crippen LogP contribution in [0.5, 0.6) is 5.75 Å². The fraction of sp³-hybridized carbons (Fsp3) is 0.381. The number of nitrogens with one attached hydrogen (secondary N) is 1. The lowest BCUT2D eigenvalue weighted by molar-refractivity contribution is -0.123. The molecule has 5 heteroatoms. The maximum atomic E-state index is 11.9. The van der Waals surface area contributed by atoms with E-state index in [0.717, 1.165) is 12.1 Å². The summed E-state index contributed by atoms with van der Waals surface area (Å²) in [6.45, 7) is 3.89. The van der Waals surface area contributed by atoms with Crippen LogP contribution in [0, 0.1) is 0 Å². The van der Waals surface area contributed by atoms with Gasteiger partial charge in [0.25, 0.3) is 5.91 Å². The van der Waals surface area contributed by atoms with Crippen LogP contribution in [-0.2, 0) is 17.9 Å². The second-order valence-corrected chi connectivity index (χ2v) is 7.11. The Hall–Kier alpha value is -2.04. The van der Waals surface area contributed by atoms with Crippen molar-refractivity contribution in [3.63, 3.8) is 0 Å². The van der Waals surface area contributed by atoms with Crippen molar-refractivity contribution in [3.05, 3.63) is 64.7 Å².